The molecule has 2 heterocycles. The lowest BCUT2D eigenvalue weighted by Crippen LogP contribution is -2.48. The molecule has 0 radical (unpaired) electrons. The van der Waals surface area contributed by atoms with Gasteiger partial charge >= 0.3 is 0 Å². The van der Waals surface area contributed by atoms with Crippen LogP contribution in [0.15, 0.2) is 18.2 Å². The Morgan fingerprint density at radius 3 is 3.05 bits per heavy atom. The molecular formula is C15H19ClFNO. The topological polar surface area (TPSA) is 23.5 Å². The number of fused-ring (bicyclic) bond motifs is 1. The zero-order chi connectivity index (χ0) is 13.5. The molecule has 2 atom stereocenters. The highest BCUT2D eigenvalue weighted by Gasteiger charge is 2.46. The van der Waals surface area contributed by atoms with Crippen LogP contribution in [0.3, 0.4) is 0 Å². The van der Waals surface area contributed by atoms with Gasteiger partial charge in [-0.3, -0.25) is 4.90 Å². The number of piperidine rings is 1. The molecule has 0 bridgehead atoms. The van der Waals surface area contributed by atoms with E-state index >= 15 is 0 Å². The van der Waals surface area contributed by atoms with Crippen molar-refractivity contribution in [1.82, 2.24) is 4.90 Å². The first-order valence-corrected chi connectivity index (χ1v) is 7.37. The molecule has 0 saturated carbocycles. The zero-order valence-corrected chi connectivity index (χ0v) is 11.7. The maximum atomic E-state index is 13.8. The molecule has 1 aromatic rings. The summed E-state index contributed by atoms with van der Waals surface area (Å²) in [5, 5.41) is 11.4. The van der Waals surface area contributed by atoms with Crippen molar-refractivity contribution >= 4 is 11.6 Å². The molecule has 2 aliphatic rings. The molecule has 19 heavy (non-hydrogen) atoms. The normalized spacial score (nSPS) is 31.4. The minimum Gasteiger partial charge on any atom is -0.388 e. The molecule has 0 aliphatic carbocycles. The molecule has 2 nitrogen and oxygen atoms in total. The summed E-state index contributed by atoms with van der Waals surface area (Å²) in [7, 11) is 0. The van der Waals surface area contributed by atoms with Gasteiger partial charge in [-0.2, -0.15) is 0 Å². The molecule has 2 aliphatic heterocycles. The Morgan fingerprint density at radius 2 is 2.21 bits per heavy atom. The average Bonchev–Trinajstić information content (AvgIpc) is 2.73. The number of hydrogen-bond donors (Lipinski definition) is 1. The van der Waals surface area contributed by atoms with Crippen molar-refractivity contribution in [2.75, 3.05) is 13.1 Å². The van der Waals surface area contributed by atoms with Gasteiger partial charge in [0.2, 0.25) is 0 Å². The quantitative estimate of drug-likeness (QED) is 0.902. The number of nitrogens with zero attached hydrogens (tertiary/aromatic N) is 1. The molecule has 0 aromatic heterocycles. The maximum Gasteiger partial charge on any atom is 0.126 e. The van der Waals surface area contributed by atoms with Crippen molar-refractivity contribution in [1.29, 1.82) is 0 Å². The Balaban J connectivity index is 1.83. The zero-order valence-electron chi connectivity index (χ0n) is 10.9. The minimum atomic E-state index is -0.800. The van der Waals surface area contributed by atoms with E-state index in [9.17, 15) is 9.50 Å². The third-order valence-electron chi connectivity index (χ3n) is 4.57. The Kier molecular flexibility index (Phi) is 3.54. The lowest BCUT2D eigenvalue weighted by molar-refractivity contribution is -0.00943. The Labute approximate surface area is 118 Å². The Hall–Kier alpha value is -0.640. The van der Waals surface area contributed by atoms with Crippen LogP contribution in [0.4, 0.5) is 4.39 Å². The first kappa shape index (κ1) is 13.3. The van der Waals surface area contributed by atoms with Gasteiger partial charge in [0.05, 0.1) is 5.60 Å². The summed E-state index contributed by atoms with van der Waals surface area (Å²) < 4.78 is 13.8. The van der Waals surface area contributed by atoms with Crippen LogP contribution >= 0.6 is 11.6 Å². The van der Waals surface area contributed by atoms with Crippen LogP contribution in [-0.4, -0.2) is 34.7 Å². The van der Waals surface area contributed by atoms with E-state index in [0.717, 1.165) is 32.4 Å². The van der Waals surface area contributed by atoms with Crippen molar-refractivity contribution in [2.45, 2.75) is 43.7 Å². The Morgan fingerprint density at radius 1 is 1.37 bits per heavy atom. The standard InChI is InChI=1S/C15H19ClFNO/c16-12-4-5-13(17)11(9-12)10-15(19)6-8-18-7-2-1-3-14(15)18/h4-5,9,14,19H,1-3,6-8,10H2. The number of rotatable bonds is 2. The van der Waals surface area contributed by atoms with Crippen molar-refractivity contribution in [3.63, 3.8) is 0 Å². The van der Waals surface area contributed by atoms with Crippen LogP contribution < -0.4 is 0 Å². The first-order valence-electron chi connectivity index (χ1n) is 6.99. The summed E-state index contributed by atoms with van der Waals surface area (Å²) in [5.41, 5.74) is -0.270. The van der Waals surface area contributed by atoms with Crippen LogP contribution in [0.25, 0.3) is 0 Å². The lowest BCUT2D eigenvalue weighted by atomic mass is 9.83. The summed E-state index contributed by atoms with van der Waals surface area (Å²) in [6.45, 7) is 1.98. The van der Waals surface area contributed by atoms with E-state index in [2.05, 4.69) is 4.90 Å². The summed E-state index contributed by atoms with van der Waals surface area (Å²) in [4.78, 5) is 2.35. The molecule has 2 fully saturated rings. The fourth-order valence-electron chi connectivity index (χ4n) is 3.59. The van der Waals surface area contributed by atoms with Crippen molar-refractivity contribution in [2.24, 2.45) is 0 Å². The van der Waals surface area contributed by atoms with Gasteiger partial charge in [0.1, 0.15) is 5.82 Å². The third kappa shape index (κ3) is 2.51. The molecule has 1 N–H and O–H groups in total. The maximum absolute atomic E-state index is 13.8. The van der Waals surface area contributed by atoms with Gasteiger partial charge in [0.25, 0.3) is 0 Å². The molecule has 4 heteroatoms. The van der Waals surface area contributed by atoms with Crippen molar-refractivity contribution in [3.8, 4) is 0 Å². The molecule has 0 spiro atoms. The van der Waals surface area contributed by atoms with Crippen LogP contribution in [0.1, 0.15) is 31.2 Å². The van der Waals surface area contributed by atoms with Crippen molar-refractivity contribution < 1.29 is 9.50 Å². The van der Waals surface area contributed by atoms with E-state index in [1.165, 1.54) is 12.5 Å². The number of benzene rings is 1. The second kappa shape index (κ2) is 5.04. The van der Waals surface area contributed by atoms with E-state index in [1.807, 2.05) is 0 Å². The van der Waals surface area contributed by atoms with E-state index in [1.54, 1.807) is 12.1 Å². The van der Waals surface area contributed by atoms with Crippen LogP contribution in [0.2, 0.25) is 5.02 Å². The van der Waals surface area contributed by atoms with Gasteiger partial charge in [0, 0.05) is 24.0 Å². The molecule has 1 aromatic carbocycles. The van der Waals surface area contributed by atoms with Gasteiger partial charge in [-0.15, -0.1) is 0 Å². The highest BCUT2D eigenvalue weighted by Crippen LogP contribution is 2.37. The molecular weight excluding hydrogens is 265 g/mol. The molecule has 2 saturated heterocycles. The number of aliphatic hydroxyl groups is 1. The summed E-state index contributed by atoms with van der Waals surface area (Å²) in [6, 6.07) is 4.75. The first-order chi connectivity index (χ1) is 9.08. The summed E-state index contributed by atoms with van der Waals surface area (Å²) in [5.74, 6) is -0.271. The fourth-order valence-corrected chi connectivity index (χ4v) is 3.78. The van der Waals surface area contributed by atoms with Crippen molar-refractivity contribution in [3.05, 3.63) is 34.6 Å². The monoisotopic (exact) mass is 283 g/mol. The Bertz CT molecular complexity index is 481. The van der Waals surface area contributed by atoms with Gasteiger partial charge in [-0.05, 0) is 49.6 Å². The second-order valence-electron chi connectivity index (χ2n) is 5.81. The predicted octanol–water partition coefficient (Wildman–Crippen LogP) is 3.01. The van der Waals surface area contributed by atoms with E-state index in [-0.39, 0.29) is 11.9 Å². The lowest BCUT2D eigenvalue weighted by Gasteiger charge is -2.37. The fraction of sp³-hybridized carbons (Fsp3) is 0.600. The smallest absolute Gasteiger partial charge is 0.126 e. The minimum absolute atomic E-state index is 0.180. The van der Waals surface area contributed by atoms with Gasteiger partial charge in [-0.1, -0.05) is 18.0 Å². The largest absolute Gasteiger partial charge is 0.388 e. The van der Waals surface area contributed by atoms with Gasteiger partial charge in [-0.25, -0.2) is 4.39 Å². The second-order valence-corrected chi connectivity index (χ2v) is 6.25. The number of halogens is 2. The highest BCUT2D eigenvalue weighted by molar-refractivity contribution is 6.30. The molecule has 2 unspecified atom stereocenters. The van der Waals surface area contributed by atoms with Crippen LogP contribution in [-0.2, 0) is 6.42 Å². The summed E-state index contributed by atoms with van der Waals surface area (Å²) >= 11 is 5.93. The van der Waals surface area contributed by atoms with Crippen LogP contribution in [0.5, 0.6) is 0 Å². The SMILES string of the molecule is OC1(Cc2cc(Cl)ccc2F)CCN2CCCCC21. The molecule has 0 amide bonds. The molecule has 104 valence electrons. The van der Waals surface area contributed by atoms with Crippen LogP contribution in [0, 0.1) is 5.82 Å². The third-order valence-corrected chi connectivity index (χ3v) is 4.81. The van der Waals surface area contributed by atoms with E-state index in [0.29, 0.717) is 17.0 Å². The number of hydrogen-bond acceptors (Lipinski definition) is 2. The summed E-state index contributed by atoms with van der Waals surface area (Å²) in [6.07, 6.45) is 4.46. The van der Waals surface area contributed by atoms with E-state index < -0.39 is 5.60 Å². The van der Waals surface area contributed by atoms with Gasteiger partial charge in [0.15, 0.2) is 0 Å². The average molecular weight is 284 g/mol. The van der Waals surface area contributed by atoms with E-state index in [4.69, 9.17) is 11.6 Å². The van der Waals surface area contributed by atoms with Gasteiger partial charge < -0.3 is 5.11 Å². The predicted molar refractivity (Wildman–Crippen MR) is 73.9 cm³/mol. The highest BCUT2D eigenvalue weighted by atomic mass is 35.5. The molecule has 3 rings (SSSR count).